The summed E-state index contributed by atoms with van der Waals surface area (Å²) in [4.78, 5) is 33.3. The van der Waals surface area contributed by atoms with Crippen molar-refractivity contribution in [2.24, 2.45) is 0 Å². The molecule has 176 valence electrons. The second-order valence-electron chi connectivity index (χ2n) is 7.39. The number of rotatable bonds is 6. The van der Waals surface area contributed by atoms with Crippen molar-refractivity contribution in [3.63, 3.8) is 0 Å². The Morgan fingerprint density at radius 3 is 2.74 bits per heavy atom. The first-order chi connectivity index (χ1) is 16.3. The Morgan fingerprint density at radius 2 is 2.00 bits per heavy atom. The molecule has 3 aromatic rings. The summed E-state index contributed by atoms with van der Waals surface area (Å²) in [6, 6.07) is 7.41. The Kier molecular flexibility index (Phi) is 6.87. The summed E-state index contributed by atoms with van der Waals surface area (Å²) in [5.74, 6) is -3.10. The summed E-state index contributed by atoms with van der Waals surface area (Å²) in [5, 5.41) is 9.32. The van der Waals surface area contributed by atoms with Gasteiger partial charge in [-0.15, -0.1) is 0 Å². The standard InChI is InChI=1S/C23H18ClF2N3O5/c24-13-1-4-19(33-11-20(30)31)17(9-13)22-16-2-3-18(25)21(26)15(16)6-8-29(22)23(32)34-10-14-5-7-27-12-28-14/h1-5,7,9,12,22H,6,8,10-11H2,(H,30,31). The molecule has 2 aromatic carbocycles. The minimum Gasteiger partial charge on any atom is -0.482 e. The molecule has 34 heavy (non-hydrogen) atoms. The van der Waals surface area contributed by atoms with Gasteiger partial charge < -0.3 is 14.6 Å². The molecule has 2 heterocycles. The number of halogens is 3. The number of carboxylic acid groups (broad SMARTS) is 1. The fourth-order valence-corrected chi connectivity index (χ4v) is 3.99. The van der Waals surface area contributed by atoms with Crippen LogP contribution in [0.1, 0.15) is 28.4 Å². The second kappa shape index (κ2) is 10.0. The third-order valence-corrected chi connectivity index (χ3v) is 5.52. The van der Waals surface area contributed by atoms with E-state index < -0.39 is 36.3 Å². The van der Waals surface area contributed by atoms with Crippen LogP contribution < -0.4 is 4.74 Å². The van der Waals surface area contributed by atoms with Crippen LogP contribution in [0.3, 0.4) is 0 Å². The molecular formula is C23H18ClF2N3O5. The zero-order chi connectivity index (χ0) is 24.2. The van der Waals surface area contributed by atoms with E-state index in [9.17, 15) is 18.4 Å². The number of amides is 1. The highest BCUT2D eigenvalue weighted by molar-refractivity contribution is 6.30. The van der Waals surface area contributed by atoms with Gasteiger partial charge in [-0.25, -0.2) is 28.3 Å². The first-order valence-electron chi connectivity index (χ1n) is 10.1. The summed E-state index contributed by atoms with van der Waals surface area (Å²) in [7, 11) is 0. The fourth-order valence-electron chi connectivity index (χ4n) is 3.81. The predicted molar refractivity (Wildman–Crippen MR) is 115 cm³/mol. The summed E-state index contributed by atoms with van der Waals surface area (Å²) < 4.78 is 39.4. The van der Waals surface area contributed by atoms with Crippen LogP contribution in [-0.2, 0) is 22.6 Å². The molecule has 8 nitrogen and oxygen atoms in total. The average molecular weight is 490 g/mol. The number of carbonyl (C=O) groups excluding carboxylic acids is 1. The number of aromatic nitrogens is 2. The Hall–Kier alpha value is -3.79. The maximum absolute atomic E-state index is 14.6. The van der Waals surface area contributed by atoms with Crippen LogP contribution in [0.5, 0.6) is 5.75 Å². The molecule has 0 bridgehead atoms. The molecule has 0 saturated heterocycles. The first-order valence-corrected chi connectivity index (χ1v) is 10.5. The van der Waals surface area contributed by atoms with E-state index in [0.29, 0.717) is 16.8 Å². The van der Waals surface area contributed by atoms with Gasteiger partial charge in [-0.1, -0.05) is 17.7 Å². The molecular weight excluding hydrogens is 472 g/mol. The molecule has 0 saturated carbocycles. The number of aliphatic carboxylic acids is 1. The summed E-state index contributed by atoms with van der Waals surface area (Å²) in [5.41, 5.74) is 1.19. The van der Waals surface area contributed by atoms with E-state index in [4.69, 9.17) is 26.2 Å². The van der Waals surface area contributed by atoms with E-state index in [0.717, 1.165) is 6.07 Å². The lowest BCUT2D eigenvalue weighted by molar-refractivity contribution is -0.139. The van der Waals surface area contributed by atoms with Crippen LogP contribution in [-0.4, -0.2) is 45.2 Å². The zero-order valence-electron chi connectivity index (χ0n) is 17.6. The van der Waals surface area contributed by atoms with Crippen LogP contribution in [0, 0.1) is 11.6 Å². The van der Waals surface area contributed by atoms with E-state index in [-0.39, 0.29) is 35.9 Å². The molecule has 0 spiro atoms. The topological polar surface area (TPSA) is 102 Å². The van der Waals surface area contributed by atoms with Gasteiger partial charge in [0.1, 0.15) is 18.7 Å². The van der Waals surface area contributed by atoms with E-state index >= 15 is 0 Å². The monoisotopic (exact) mass is 489 g/mol. The Balaban J connectivity index is 1.75. The van der Waals surface area contributed by atoms with E-state index in [1.807, 2.05) is 0 Å². The average Bonchev–Trinajstić information content (AvgIpc) is 2.84. The van der Waals surface area contributed by atoms with Gasteiger partial charge in [0.15, 0.2) is 18.2 Å². The van der Waals surface area contributed by atoms with Gasteiger partial charge in [-0.3, -0.25) is 4.90 Å². The maximum Gasteiger partial charge on any atom is 0.410 e. The van der Waals surface area contributed by atoms with Gasteiger partial charge in [0.25, 0.3) is 0 Å². The van der Waals surface area contributed by atoms with Crippen molar-refractivity contribution in [1.82, 2.24) is 14.9 Å². The van der Waals surface area contributed by atoms with E-state index in [2.05, 4.69) is 9.97 Å². The molecule has 0 radical (unpaired) electrons. The van der Waals surface area contributed by atoms with Crippen LogP contribution in [0.2, 0.25) is 5.02 Å². The summed E-state index contributed by atoms with van der Waals surface area (Å²) >= 11 is 6.20. The molecule has 1 atom stereocenters. The van der Waals surface area contributed by atoms with Crippen LogP contribution in [0.15, 0.2) is 48.9 Å². The quantitative estimate of drug-likeness (QED) is 0.554. The third kappa shape index (κ3) is 4.91. The van der Waals surface area contributed by atoms with Gasteiger partial charge in [0.2, 0.25) is 0 Å². The molecule has 1 amide bonds. The van der Waals surface area contributed by atoms with Gasteiger partial charge in [0.05, 0.1) is 11.7 Å². The third-order valence-electron chi connectivity index (χ3n) is 5.28. The van der Waals surface area contributed by atoms with E-state index in [1.165, 1.54) is 41.7 Å². The number of ether oxygens (including phenoxy) is 2. The molecule has 0 fully saturated rings. The highest BCUT2D eigenvalue weighted by atomic mass is 35.5. The number of nitrogens with zero attached hydrogens (tertiary/aromatic N) is 3. The predicted octanol–water partition coefficient (Wildman–Crippen LogP) is 4.16. The summed E-state index contributed by atoms with van der Waals surface area (Å²) in [6.07, 6.45) is 2.14. The molecule has 0 aliphatic carbocycles. The molecule has 11 heteroatoms. The maximum atomic E-state index is 14.6. The number of hydrogen-bond donors (Lipinski definition) is 1. The molecule has 1 aromatic heterocycles. The van der Waals surface area contributed by atoms with Crippen molar-refractivity contribution in [2.75, 3.05) is 13.2 Å². The molecule has 1 aliphatic rings. The Bertz CT molecular complexity index is 1230. The number of carboxylic acids is 1. The Morgan fingerprint density at radius 1 is 1.18 bits per heavy atom. The molecule has 1 unspecified atom stereocenters. The summed E-state index contributed by atoms with van der Waals surface area (Å²) in [6.45, 7) is -0.775. The lowest BCUT2D eigenvalue weighted by Gasteiger charge is -2.37. The largest absolute Gasteiger partial charge is 0.482 e. The molecule has 4 rings (SSSR count). The Labute approximate surface area is 197 Å². The van der Waals surface area contributed by atoms with Gasteiger partial charge in [-0.2, -0.15) is 0 Å². The number of fused-ring (bicyclic) bond motifs is 1. The smallest absolute Gasteiger partial charge is 0.410 e. The van der Waals surface area contributed by atoms with E-state index in [1.54, 1.807) is 6.07 Å². The van der Waals surface area contributed by atoms with Crippen LogP contribution in [0.4, 0.5) is 13.6 Å². The van der Waals surface area contributed by atoms with Crippen molar-refractivity contribution < 1.29 is 33.0 Å². The zero-order valence-corrected chi connectivity index (χ0v) is 18.3. The lowest BCUT2D eigenvalue weighted by atomic mass is 9.87. The van der Waals surface area contributed by atoms with Gasteiger partial charge in [-0.05, 0) is 47.9 Å². The number of carbonyl (C=O) groups is 2. The minimum absolute atomic E-state index is 0.00549. The van der Waals surface area contributed by atoms with Crippen molar-refractivity contribution in [3.8, 4) is 5.75 Å². The number of benzene rings is 2. The lowest BCUT2D eigenvalue weighted by Crippen LogP contribution is -2.41. The molecule has 1 N–H and O–H groups in total. The second-order valence-corrected chi connectivity index (χ2v) is 7.83. The fraction of sp³-hybridized carbons (Fsp3) is 0.217. The normalized spacial score (nSPS) is 14.9. The highest BCUT2D eigenvalue weighted by Crippen LogP contribution is 2.41. The van der Waals surface area contributed by atoms with Gasteiger partial charge >= 0.3 is 12.1 Å². The van der Waals surface area contributed by atoms with Crippen LogP contribution in [0.25, 0.3) is 0 Å². The van der Waals surface area contributed by atoms with Gasteiger partial charge in [0, 0.05) is 23.3 Å². The van der Waals surface area contributed by atoms with Crippen LogP contribution >= 0.6 is 11.6 Å². The molecule has 1 aliphatic heterocycles. The highest BCUT2D eigenvalue weighted by Gasteiger charge is 2.37. The van der Waals surface area contributed by atoms with Crippen molar-refractivity contribution in [2.45, 2.75) is 19.1 Å². The SMILES string of the molecule is O=C(O)COc1ccc(Cl)cc1C1c2ccc(F)c(F)c2CCN1C(=O)OCc1ccncn1. The number of hydrogen-bond acceptors (Lipinski definition) is 6. The van der Waals surface area contributed by atoms with Crippen molar-refractivity contribution in [1.29, 1.82) is 0 Å². The van der Waals surface area contributed by atoms with Crippen molar-refractivity contribution >= 4 is 23.7 Å². The first kappa shape index (κ1) is 23.4. The minimum atomic E-state index is -1.21. The van der Waals surface area contributed by atoms with Crippen molar-refractivity contribution in [3.05, 3.63) is 88.0 Å².